The molecule has 0 saturated carbocycles. The predicted molar refractivity (Wildman–Crippen MR) is 83.1 cm³/mol. The van der Waals surface area contributed by atoms with E-state index >= 15 is 0 Å². The number of anilines is 1. The SMILES string of the molecule is C=CCN1CCN(C(=O)Nc2ccc(C)cc2C)CC1. The maximum Gasteiger partial charge on any atom is 0.321 e. The minimum absolute atomic E-state index is 0.00444. The number of benzene rings is 1. The molecule has 20 heavy (non-hydrogen) atoms. The second-order valence-corrected chi connectivity index (χ2v) is 5.32. The average Bonchev–Trinajstić information content (AvgIpc) is 2.43. The maximum atomic E-state index is 12.2. The zero-order valence-electron chi connectivity index (χ0n) is 12.4. The zero-order chi connectivity index (χ0) is 14.5. The first-order chi connectivity index (χ1) is 9.60. The maximum absolute atomic E-state index is 12.2. The molecule has 108 valence electrons. The molecule has 1 fully saturated rings. The highest BCUT2D eigenvalue weighted by molar-refractivity contribution is 5.90. The van der Waals surface area contributed by atoms with E-state index in [1.807, 2.05) is 30.0 Å². The summed E-state index contributed by atoms with van der Waals surface area (Å²) < 4.78 is 0. The Kier molecular flexibility index (Phi) is 4.79. The summed E-state index contributed by atoms with van der Waals surface area (Å²) in [6.45, 7) is 12.1. The number of rotatable bonds is 3. The van der Waals surface area contributed by atoms with Crippen molar-refractivity contribution in [3.8, 4) is 0 Å². The van der Waals surface area contributed by atoms with Gasteiger partial charge in [0.25, 0.3) is 0 Å². The molecule has 1 aliphatic heterocycles. The topological polar surface area (TPSA) is 35.6 Å². The van der Waals surface area contributed by atoms with Crippen LogP contribution in [0.2, 0.25) is 0 Å². The quantitative estimate of drug-likeness (QED) is 0.859. The van der Waals surface area contributed by atoms with Gasteiger partial charge in [0.2, 0.25) is 0 Å². The van der Waals surface area contributed by atoms with Crippen molar-refractivity contribution in [2.75, 3.05) is 38.0 Å². The second kappa shape index (κ2) is 6.57. The molecule has 4 heteroatoms. The Morgan fingerprint density at radius 2 is 2.00 bits per heavy atom. The van der Waals surface area contributed by atoms with Crippen LogP contribution in [0.5, 0.6) is 0 Å². The van der Waals surface area contributed by atoms with Crippen LogP contribution < -0.4 is 5.32 Å². The predicted octanol–water partition coefficient (Wildman–Crippen LogP) is 2.64. The number of carbonyl (C=O) groups is 1. The summed E-state index contributed by atoms with van der Waals surface area (Å²) in [6, 6.07) is 6.06. The molecule has 0 aromatic heterocycles. The van der Waals surface area contributed by atoms with E-state index in [2.05, 4.69) is 29.8 Å². The van der Waals surface area contributed by atoms with Gasteiger partial charge in [0.05, 0.1) is 0 Å². The molecule has 1 heterocycles. The van der Waals surface area contributed by atoms with Crippen LogP contribution in [0.15, 0.2) is 30.9 Å². The Morgan fingerprint density at radius 1 is 1.30 bits per heavy atom. The number of piperazine rings is 1. The fraction of sp³-hybridized carbons (Fsp3) is 0.438. The highest BCUT2D eigenvalue weighted by Crippen LogP contribution is 2.17. The van der Waals surface area contributed by atoms with E-state index in [9.17, 15) is 4.79 Å². The minimum Gasteiger partial charge on any atom is -0.322 e. The van der Waals surface area contributed by atoms with Gasteiger partial charge in [-0.05, 0) is 25.5 Å². The molecule has 1 aliphatic rings. The van der Waals surface area contributed by atoms with Crippen LogP contribution in [0.1, 0.15) is 11.1 Å². The van der Waals surface area contributed by atoms with Gasteiger partial charge in [-0.3, -0.25) is 4.90 Å². The third kappa shape index (κ3) is 3.61. The Hall–Kier alpha value is -1.81. The summed E-state index contributed by atoms with van der Waals surface area (Å²) in [5.41, 5.74) is 3.20. The summed E-state index contributed by atoms with van der Waals surface area (Å²) in [6.07, 6.45) is 1.91. The van der Waals surface area contributed by atoms with Crippen molar-refractivity contribution in [3.63, 3.8) is 0 Å². The Morgan fingerprint density at radius 3 is 2.60 bits per heavy atom. The monoisotopic (exact) mass is 273 g/mol. The van der Waals surface area contributed by atoms with E-state index in [-0.39, 0.29) is 6.03 Å². The number of carbonyl (C=O) groups excluding carboxylic acids is 1. The van der Waals surface area contributed by atoms with Crippen molar-refractivity contribution >= 4 is 11.7 Å². The number of hydrogen-bond acceptors (Lipinski definition) is 2. The fourth-order valence-corrected chi connectivity index (χ4v) is 2.46. The molecule has 0 unspecified atom stereocenters. The van der Waals surface area contributed by atoms with Gasteiger partial charge in [0.1, 0.15) is 0 Å². The third-order valence-corrected chi connectivity index (χ3v) is 3.67. The van der Waals surface area contributed by atoms with Crippen LogP contribution >= 0.6 is 0 Å². The van der Waals surface area contributed by atoms with E-state index < -0.39 is 0 Å². The summed E-state index contributed by atoms with van der Waals surface area (Å²) >= 11 is 0. The molecule has 1 saturated heterocycles. The summed E-state index contributed by atoms with van der Waals surface area (Å²) in [4.78, 5) is 16.4. The van der Waals surface area contributed by atoms with Gasteiger partial charge in [0, 0.05) is 38.4 Å². The lowest BCUT2D eigenvalue weighted by molar-refractivity contribution is 0.156. The van der Waals surface area contributed by atoms with Gasteiger partial charge >= 0.3 is 6.03 Å². The molecular weight excluding hydrogens is 250 g/mol. The lowest BCUT2D eigenvalue weighted by Gasteiger charge is -2.34. The van der Waals surface area contributed by atoms with Gasteiger partial charge in [-0.1, -0.05) is 23.8 Å². The van der Waals surface area contributed by atoms with Gasteiger partial charge < -0.3 is 10.2 Å². The van der Waals surface area contributed by atoms with Gasteiger partial charge in [-0.2, -0.15) is 0 Å². The number of amides is 2. The number of nitrogens with zero attached hydrogens (tertiary/aromatic N) is 2. The fourth-order valence-electron chi connectivity index (χ4n) is 2.46. The number of urea groups is 1. The Bertz CT molecular complexity index is 490. The first-order valence-electron chi connectivity index (χ1n) is 7.06. The molecular formula is C16H23N3O. The van der Waals surface area contributed by atoms with Crippen LogP contribution in [0.4, 0.5) is 10.5 Å². The van der Waals surface area contributed by atoms with Crippen LogP contribution in [0, 0.1) is 13.8 Å². The second-order valence-electron chi connectivity index (χ2n) is 5.32. The van der Waals surface area contributed by atoms with Gasteiger partial charge in [-0.25, -0.2) is 4.79 Å². The van der Waals surface area contributed by atoms with Gasteiger partial charge in [-0.15, -0.1) is 6.58 Å². The standard InChI is InChI=1S/C16H23N3O/c1-4-7-18-8-10-19(11-9-18)16(20)17-15-6-5-13(2)12-14(15)3/h4-6,12H,1,7-11H2,2-3H3,(H,17,20). The minimum atomic E-state index is -0.00444. The van der Waals surface area contributed by atoms with Crippen molar-refractivity contribution in [2.45, 2.75) is 13.8 Å². The number of aryl methyl sites for hydroxylation is 2. The molecule has 4 nitrogen and oxygen atoms in total. The molecule has 0 radical (unpaired) electrons. The zero-order valence-corrected chi connectivity index (χ0v) is 12.4. The summed E-state index contributed by atoms with van der Waals surface area (Å²) in [5.74, 6) is 0. The van der Waals surface area contributed by atoms with E-state index in [4.69, 9.17) is 0 Å². The molecule has 0 bridgehead atoms. The number of nitrogens with one attached hydrogen (secondary N) is 1. The Balaban J connectivity index is 1.91. The van der Waals surface area contributed by atoms with Crippen LogP contribution in [-0.4, -0.2) is 48.6 Å². The van der Waals surface area contributed by atoms with E-state index in [0.29, 0.717) is 0 Å². The highest BCUT2D eigenvalue weighted by Gasteiger charge is 2.20. The van der Waals surface area contributed by atoms with Gasteiger partial charge in [0.15, 0.2) is 0 Å². The summed E-state index contributed by atoms with van der Waals surface area (Å²) in [7, 11) is 0. The highest BCUT2D eigenvalue weighted by atomic mass is 16.2. The molecule has 2 rings (SSSR count). The normalized spacial score (nSPS) is 16.0. The van der Waals surface area contributed by atoms with E-state index in [1.165, 1.54) is 5.56 Å². The lowest BCUT2D eigenvalue weighted by atomic mass is 10.1. The molecule has 1 aromatic rings. The Labute approximate surface area is 121 Å². The largest absolute Gasteiger partial charge is 0.322 e. The van der Waals surface area contributed by atoms with Crippen LogP contribution in [0.3, 0.4) is 0 Å². The smallest absolute Gasteiger partial charge is 0.321 e. The first kappa shape index (κ1) is 14.6. The number of hydrogen-bond donors (Lipinski definition) is 1. The van der Waals surface area contributed by atoms with Crippen LogP contribution in [0.25, 0.3) is 0 Å². The summed E-state index contributed by atoms with van der Waals surface area (Å²) in [5, 5.41) is 3.00. The van der Waals surface area contributed by atoms with Crippen molar-refractivity contribution in [2.24, 2.45) is 0 Å². The average molecular weight is 273 g/mol. The molecule has 2 amide bonds. The van der Waals surface area contributed by atoms with Crippen molar-refractivity contribution in [1.82, 2.24) is 9.80 Å². The molecule has 1 aromatic carbocycles. The van der Waals surface area contributed by atoms with E-state index in [1.54, 1.807) is 0 Å². The third-order valence-electron chi connectivity index (χ3n) is 3.67. The van der Waals surface area contributed by atoms with E-state index in [0.717, 1.165) is 44.0 Å². The molecule has 0 spiro atoms. The lowest BCUT2D eigenvalue weighted by Crippen LogP contribution is -2.49. The van der Waals surface area contributed by atoms with Crippen LogP contribution in [-0.2, 0) is 0 Å². The molecule has 0 aliphatic carbocycles. The molecule has 1 N–H and O–H groups in total. The van der Waals surface area contributed by atoms with Crippen molar-refractivity contribution in [3.05, 3.63) is 42.0 Å². The first-order valence-corrected chi connectivity index (χ1v) is 7.06. The van der Waals surface area contributed by atoms with Crippen molar-refractivity contribution < 1.29 is 4.79 Å². The molecule has 0 atom stereocenters. The van der Waals surface area contributed by atoms with Crippen molar-refractivity contribution in [1.29, 1.82) is 0 Å².